The average Bonchev–Trinajstić information content (AvgIpc) is 2.95. The van der Waals surface area contributed by atoms with Crippen LogP contribution in [0, 0.1) is 13.8 Å². The van der Waals surface area contributed by atoms with Crippen molar-refractivity contribution in [2.24, 2.45) is 0 Å². The molecule has 0 spiro atoms. The van der Waals surface area contributed by atoms with Gasteiger partial charge in [-0.3, -0.25) is 4.31 Å². The van der Waals surface area contributed by atoms with Gasteiger partial charge in [-0.2, -0.15) is 0 Å². The molecule has 150 valence electrons. The molecule has 0 amide bonds. The maximum atomic E-state index is 13.8. The van der Waals surface area contributed by atoms with E-state index in [4.69, 9.17) is 0 Å². The molecule has 28 heavy (non-hydrogen) atoms. The molecule has 0 aliphatic carbocycles. The first kappa shape index (κ1) is 19.3. The van der Waals surface area contributed by atoms with Gasteiger partial charge in [-0.1, -0.05) is 23.8 Å². The highest BCUT2D eigenvalue weighted by atomic mass is 32.2. The Balaban J connectivity index is 1.85. The Bertz CT molecular complexity index is 1020. The molecule has 0 aromatic heterocycles. The summed E-state index contributed by atoms with van der Waals surface area (Å²) in [6.45, 7) is 5.88. The highest BCUT2D eigenvalue weighted by Gasteiger charge is 2.46. The molecule has 2 aliphatic heterocycles. The Morgan fingerprint density at radius 2 is 1.82 bits per heavy atom. The SMILES string of the molecule is Cc1ccc2c(c1)[C@H]1CN(C)CC[C@@H]1N2S(=O)(=O)c1ccc(C)c(N(C)C)c1. The van der Waals surface area contributed by atoms with E-state index in [2.05, 4.69) is 24.9 Å². The molecule has 0 unspecified atom stereocenters. The predicted molar refractivity (Wildman–Crippen MR) is 115 cm³/mol. The number of piperidine rings is 1. The smallest absolute Gasteiger partial charge is 0.264 e. The minimum Gasteiger partial charge on any atom is -0.377 e. The van der Waals surface area contributed by atoms with Gasteiger partial charge in [0, 0.05) is 32.2 Å². The van der Waals surface area contributed by atoms with Crippen molar-refractivity contribution in [2.45, 2.75) is 37.1 Å². The van der Waals surface area contributed by atoms with Gasteiger partial charge in [0.25, 0.3) is 10.0 Å². The number of sulfonamides is 1. The standard InChI is InChI=1S/C22H29N3O2S/c1-15-6-9-20-18(12-15)19-14-24(5)11-10-21(19)25(20)28(26,27)17-8-7-16(2)22(13-17)23(3)4/h6-9,12-13,19,21H,10-11,14H2,1-5H3/t19-,21+/m1/s1. The topological polar surface area (TPSA) is 43.9 Å². The third-order valence-electron chi connectivity index (χ3n) is 6.12. The van der Waals surface area contributed by atoms with Crippen molar-refractivity contribution in [1.29, 1.82) is 0 Å². The highest BCUT2D eigenvalue weighted by Crippen LogP contribution is 2.47. The molecule has 1 saturated heterocycles. The first-order valence-corrected chi connectivity index (χ1v) is 11.3. The van der Waals surface area contributed by atoms with Crippen LogP contribution in [-0.4, -0.2) is 53.6 Å². The molecule has 0 saturated carbocycles. The van der Waals surface area contributed by atoms with Gasteiger partial charge >= 0.3 is 0 Å². The largest absolute Gasteiger partial charge is 0.377 e. The Morgan fingerprint density at radius 3 is 2.54 bits per heavy atom. The monoisotopic (exact) mass is 399 g/mol. The summed E-state index contributed by atoms with van der Waals surface area (Å²) in [5, 5.41) is 0. The maximum Gasteiger partial charge on any atom is 0.264 e. The van der Waals surface area contributed by atoms with E-state index in [1.54, 1.807) is 16.4 Å². The highest BCUT2D eigenvalue weighted by molar-refractivity contribution is 7.92. The van der Waals surface area contributed by atoms with E-state index in [0.29, 0.717) is 4.90 Å². The summed E-state index contributed by atoms with van der Waals surface area (Å²) in [5.41, 5.74) is 5.20. The minimum atomic E-state index is -3.64. The van der Waals surface area contributed by atoms with Crippen LogP contribution in [0.3, 0.4) is 0 Å². The number of nitrogens with zero attached hydrogens (tertiary/aromatic N) is 3. The van der Waals surface area contributed by atoms with E-state index < -0.39 is 10.0 Å². The maximum absolute atomic E-state index is 13.8. The Labute approximate surface area is 168 Å². The van der Waals surface area contributed by atoms with Gasteiger partial charge in [-0.25, -0.2) is 8.42 Å². The third-order valence-corrected chi connectivity index (χ3v) is 7.95. The van der Waals surface area contributed by atoms with Crippen molar-refractivity contribution in [2.75, 3.05) is 43.4 Å². The molecule has 4 rings (SSSR count). The zero-order chi connectivity index (χ0) is 20.2. The minimum absolute atomic E-state index is 0.0119. The molecule has 0 radical (unpaired) electrons. The molecule has 5 nitrogen and oxygen atoms in total. The van der Waals surface area contributed by atoms with Crippen LogP contribution in [0.25, 0.3) is 0 Å². The quantitative estimate of drug-likeness (QED) is 0.794. The van der Waals surface area contributed by atoms with E-state index in [-0.39, 0.29) is 12.0 Å². The summed E-state index contributed by atoms with van der Waals surface area (Å²) < 4.78 is 29.3. The number of likely N-dealkylation sites (tertiary alicyclic amines) is 1. The third kappa shape index (κ3) is 2.99. The van der Waals surface area contributed by atoms with E-state index >= 15 is 0 Å². The van der Waals surface area contributed by atoms with Crippen LogP contribution in [0.2, 0.25) is 0 Å². The summed E-state index contributed by atoms with van der Waals surface area (Å²) >= 11 is 0. The molecule has 1 fully saturated rings. The fourth-order valence-corrected chi connectivity index (χ4v) is 6.45. The summed E-state index contributed by atoms with van der Waals surface area (Å²) in [5.74, 6) is 0.224. The summed E-state index contributed by atoms with van der Waals surface area (Å²) in [4.78, 5) is 4.64. The van der Waals surface area contributed by atoms with E-state index in [1.165, 1.54) is 11.1 Å². The summed E-state index contributed by atoms with van der Waals surface area (Å²) in [7, 11) is 2.37. The first-order chi connectivity index (χ1) is 13.2. The van der Waals surface area contributed by atoms with Crippen molar-refractivity contribution in [3.63, 3.8) is 0 Å². The van der Waals surface area contributed by atoms with Crippen molar-refractivity contribution in [3.05, 3.63) is 53.1 Å². The van der Waals surface area contributed by atoms with Crippen LogP contribution in [0.1, 0.15) is 29.0 Å². The van der Waals surface area contributed by atoms with Gasteiger partial charge in [0.05, 0.1) is 16.6 Å². The first-order valence-electron chi connectivity index (χ1n) is 9.81. The van der Waals surface area contributed by atoms with Crippen LogP contribution in [0.5, 0.6) is 0 Å². The number of benzene rings is 2. The molecule has 2 aliphatic rings. The van der Waals surface area contributed by atoms with Crippen LogP contribution in [-0.2, 0) is 10.0 Å². The van der Waals surface area contributed by atoms with Gasteiger partial charge in [0.2, 0.25) is 0 Å². The number of fused-ring (bicyclic) bond motifs is 3. The lowest BCUT2D eigenvalue weighted by Gasteiger charge is -2.36. The van der Waals surface area contributed by atoms with Gasteiger partial charge in [-0.05, 0) is 63.2 Å². The molecule has 2 aromatic rings. The Kier molecular flexibility index (Phi) is 4.67. The van der Waals surface area contributed by atoms with Crippen molar-refractivity contribution in [1.82, 2.24) is 4.90 Å². The lowest BCUT2D eigenvalue weighted by atomic mass is 9.89. The number of hydrogen-bond acceptors (Lipinski definition) is 4. The van der Waals surface area contributed by atoms with Crippen LogP contribution < -0.4 is 9.21 Å². The Hall–Kier alpha value is -2.05. The fourth-order valence-electron chi connectivity index (χ4n) is 4.69. The van der Waals surface area contributed by atoms with Crippen molar-refractivity contribution >= 4 is 21.4 Å². The second-order valence-electron chi connectivity index (χ2n) is 8.43. The van der Waals surface area contributed by atoms with Gasteiger partial charge in [0.1, 0.15) is 0 Å². The average molecular weight is 400 g/mol. The molecular weight excluding hydrogens is 370 g/mol. The van der Waals surface area contributed by atoms with Gasteiger partial charge < -0.3 is 9.80 Å². The number of anilines is 2. The molecule has 2 heterocycles. The van der Waals surface area contributed by atoms with E-state index in [1.807, 2.05) is 44.1 Å². The fraction of sp³-hybridized carbons (Fsp3) is 0.455. The van der Waals surface area contributed by atoms with E-state index in [0.717, 1.165) is 36.4 Å². The molecule has 2 atom stereocenters. The van der Waals surface area contributed by atoms with Crippen LogP contribution in [0.15, 0.2) is 41.3 Å². The van der Waals surface area contributed by atoms with Crippen molar-refractivity contribution in [3.8, 4) is 0 Å². The molecule has 0 bridgehead atoms. The Morgan fingerprint density at radius 1 is 1.07 bits per heavy atom. The lowest BCUT2D eigenvalue weighted by molar-refractivity contribution is 0.237. The van der Waals surface area contributed by atoms with Crippen LogP contribution >= 0.6 is 0 Å². The molecule has 0 N–H and O–H groups in total. The summed E-state index contributed by atoms with van der Waals surface area (Å²) in [6, 6.07) is 11.6. The second-order valence-corrected chi connectivity index (χ2v) is 10.2. The molecule has 2 aromatic carbocycles. The van der Waals surface area contributed by atoms with Crippen LogP contribution in [0.4, 0.5) is 11.4 Å². The predicted octanol–water partition coefficient (Wildman–Crippen LogP) is 3.37. The number of rotatable bonds is 3. The normalized spacial score (nSPS) is 22.1. The van der Waals surface area contributed by atoms with Crippen molar-refractivity contribution < 1.29 is 8.42 Å². The zero-order valence-electron chi connectivity index (χ0n) is 17.3. The number of likely N-dealkylation sites (N-methyl/N-ethyl adjacent to an activating group) is 1. The van der Waals surface area contributed by atoms with Gasteiger partial charge in [-0.15, -0.1) is 0 Å². The summed E-state index contributed by atoms with van der Waals surface area (Å²) in [6.07, 6.45) is 0.848. The second kappa shape index (κ2) is 6.78. The lowest BCUT2D eigenvalue weighted by Crippen LogP contribution is -2.47. The molecule has 6 heteroatoms. The van der Waals surface area contributed by atoms with E-state index in [9.17, 15) is 8.42 Å². The molecular formula is C22H29N3O2S. The zero-order valence-corrected chi connectivity index (χ0v) is 18.1. The number of aryl methyl sites for hydroxylation is 2. The van der Waals surface area contributed by atoms with Gasteiger partial charge in [0.15, 0.2) is 0 Å². The number of hydrogen-bond donors (Lipinski definition) is 0.